The molecule has 4 atom stereocenters. The summed E-state index contributed by atoms with van der Waals surface area (Å²) < 4.78 is 21.5. The minimum atomic E-state index is -1.36. The summed E-state index contributed by atoms with van der Waals surface area (Å²) in [6, 6.07) is 3.08. The van der Waals surface area contributed by atoms with E-state index in [1.54, 1.807) is 19.9 Å². The summed E-state index contributed by atoms with van der Waals surface area (Å²) >= 11 is 0. The Bertz CT molecular complexity index is 944. The number of carbonyl (C=O) groups excluding carboxylic acids is 3. The number of nitrogens with two attached hydrogens (primary N) is 1. The number of hydrogen-bond acceptors (Lipinski definition) is 9. The number of carboxylic acids is 1. The molecule has 0 saturated carbocycles. The maximum absolute atomic E-state index is 12.4. The van der Waals surface area contributed by atoms with Gasteiger partial charge in [-0.2, -0.15) is 0 Å². The molecule has 38 heavy (non-hydrogen) atoms. The highest BCUT2D eigenvalue weighted by Gasteiger charge is 2.30. The predicted octanol–water partition coefficient (Wildman–Crippen LogP) is 5.21. The van der Waals surface area contributed by atoms with Gasteiger partial charge in [-0.3, -0.25) is 14.4 Å². The molecule has 1 aromatic rings. The van der Waals surface area contributed by atoms with Gasteiger partial charge in [0.1, 0.15) is 18.2 Å². The summed E-state index contributed by atoms with van der Waals surface area (Å²) in [5.74, 6) is -3.00. The van der Waals surface area contributed by atoms with E-state index >= 15 is 0 Å². The quantitative estimate of drug-likeness (QED) is 0.225. The fraction of sp³-hybridized carbons (Fsp3) is 0.643. The topological polar surface area (TPSA) is 151 Å². The third-order valence-corrected chi connectivity index (χ3v) is 5.59. The van der Waals surface area contributed by atoms with Crippen LogP contribution in [0.3, 0.4) is 0 Å². The van der Waals surface area contributed by atoms with Gasteiger partial charge in [0.2, 0.25) is 0 Å². The zero-order valence-corrected chi connectivity index (χ0v) is 23.5. The van der Waals surface area contributed by atoms with Gasteiger partial charge in [0.25, 0.3) is 0 Å². The van der Waals surface area contributed by atoms with E-state index in [0.29, 0.717) is 12.0 Å². The molecule has 1 aromatic carbocycles. The first-order valence-corrected chi connectivity index (χ1v) is 13.1. The molecular formula is C28H43NO9. The molecule has 0 saturated heterocycles. The molecule has 10 heteroatoms. The van der Waals surface area contributed by atoms with Crippen molar-refractivity contribution in [1.29, 1.82) is 0 Å². The Labute approximate surface area is 225 Å². The second-order valence-corrected chi connectivity index (χ2v) is 10.5. The Morgan fingerprint density at radius 1 is 0.842 bits per heavy atom. The zero-order valence-electron chi connectivity index (χ0n) is 23.5. The van der Waals surface area contributed by atoms with Crippen molar-refractivity contribution in [2.45, 2.75) is 105 Å². The van der Waals surface area contributed by atoms with Crippen molar-refractivity contribution < 1.29 is 43.2 Å². The number of rotatable bonds is 15. The molecule has 0 aliphatic rings. The third kappa shape index (κ3) is 11.9. The molecular weight excluding hydrogens is 494 g/mol. The van der Waals surface area contributed by atoms with E-state index in [4.69, 9.17) is 24.7 Å². The Kier molecular flexibility index (Phi) is 13.8. The first-order chi connectivity index (χ1) is 17.7. The highest BCUT2D eigenvalue weighted by molar-refractivity contribution is 5.77. The van der Waals surface area contributed by atoms with Crippen molar-refractivity contribution in [2.24, 2.45) is 17.6 Å². The van der Waals surface area contributed by atoms with Crippen LogP contribution in [0.4, 0.5) is 4.79 Å². The monoisotopic (exact) mass is 537 g/mol. The molecule has 1 rings (SSSR count). The lowest BCUT2D eigenvalue weighted by atomic mass is 9.87. The molecule has 0 aromatic heterocycles. The molecule has 214 valence electrons. The van der Waals surface area contributed by atoms with Crippen LogP contribution < -0.4 is 15.2 Å². The smallest absolute Gasteiger partial charge is 0.480 e. The molecule has 3 unspecified atom stereocenters. The fourth-order valence-corrected chi connectivity index (χ4v) is 3.80. The van der Waals surface area contributed by atoms with E-state index in [0.717, 1.165) is 6.42 Å². The Balaban J connectivity index is 3.27. The van der Waals surface area contributed by atoms with Crippen LogP contribution >= 0.6 is 0 Å². The van der Waals surface area contributed by atoms with E-state index < -0.39 is 42.1 Å². The van der Waals surface area contributed by atoms with Gasteiger partial charge < -0.3 is 29.8 Å². The van der Waals surface area contributed by atoms with Crippen molar-refractivity contribution in [3.8, 4) is 11.5 Å². The third-order valence-electron chi connectivity index (χ3n) is 5.59. The maximum atomic E-state index is 12.4. The first-order valence-electron chi connectivity index (χ1n) is 13.1. The summed E-state index contributed by atoms with van der Waals surface area (Å²) in [7, 11) is 0. The molecule has 0 aliphatic carbocycles. The highest BCUT2D eigenvalue weighted by atomic mass is 16.7. The van der Waals surface area contributed by atoms with Gasteiger partial charge in [-0.25, -0.2) is 4.79 Å². The lowest BCUT2D eigenvalue weighted by Crippen LogP contribution is -2.38. The number of carbonyl (C=O) groups is 4. The molecule has 0 aliphatic heterocycles. The van der Waals surface area contributed by atoms with Gasteiger partial charge >= 0.3 is 24.1 Å². The Morgan fingerprint density at radius 3 is 1.87 bits per heavy atom. The van der Waals surface area contributed by atoms with Crippen LogP contribution in [0.25, 0.3) is 0 Å². The van der Waals surface area contributed by atoms with E-state index in [9.17, 15) is 24.3 Å². The van der Waals surface area contributed by atoms with Gasteiger partial charge in [-0.15, -0.1) is 0 Å². The number of carboxylic acid groups (broad SMARTS) is 1. The van der Waals surface area contributed by atoms with Crippen molar-refractivity contribution in [1.82, 2.24) is 0 Å². The second kappa shape index (κ2) is 16.0. The van der Waals surface area contributed by atoms with Gasteiger partial charge in [-0.1, -0.05) is 47.1 Å². The van der Waals surface area contributed by atoms with Gasteiger partial charge in [0.15, 0.2) is 11.5 Å². The van der Waals surface area contributed by atoms with Crippen molar-refractivity contribution in [3.05, 3.63) is 23.8 Å². The Hall–Kier alpha value is -3.14. The molecule has 0 bridgehead atoms. The standard InChI is InChI=1S/C28H43NO9/c1-8-9-18(6)35-28(34)36-19(7)14-21(26(29)27(32)33)20-10-11-22(37-24(30)12-16(2)3)23(15-20)38-25(31)13-17(4)5/h10-11,15-19,21,26H,8-9,12-14,29H2,1-7H3,(H,32,33)/t18?,19?,21?,26-/m0/s1. The van der Waals surface area contributed by atoms with Crippen LogP contribution in [-0.4, -0.2) is 47.4 Å². The molecule has 0 fully saturated rings. The van der Waals surface area contributed by atoms with E-state index in [-0.39, 0.29) is 48.7 Å². The van der Waals surface area contributed by atoms with E-state index in [1.807, 2.05) is 34.6 Å². The SMILES string of the molecule is CCCC(C)OC(=O)OC(C)CC(c1ccc(OC(=O)CC(C)C)c(OC(=O)CC(C)C)c1)[C@H](N)C(=O)O. The summed E-state index contributed by atoms with van der Waals surface area (Å²) in [6.07, 6.45) is -0.0313. The first kappa shape index (κ1) is 32.9. The van der Waals surface area contributed by atoms with Crippen LogP contribution in [0.15, 0.2) is 18.2 Å². The number of benzene rings is 1. The number of esters is 2. The van der Waals surface area contributed by atoms with E-state index in [2.05, 4.69) is 0 Å². The van der Waals surface area contributed by atoms with Gasteiger partial charge in [-0.05, 0) is 56.2 Å². The summed E-state index contributed by atoms with van der Waals surface area (Å²) in [6.45, 7) is 12.8. The second-order valence-electron chi connectivity index (χ2n) is 10.5. The molecule has 0 spiro atoms. The minimum absolute atomic E-state index is 0.0192. The molecule has 10 nitrogen and oxygen atoms in total. The number of ether oxygens (including phenoxy) is 4. The molecule has 0 heterocycles. The van der Waals surface area contributed by atoms with Crippen molar-refractivity contribution in [2.75, 3.05) is 0 Å². The summed E-state index contributed by atoms with van der Waals surface area (Å²) in [5, 5.41) is 9.65. The predicted molar refractivity (Wildman–Crippen MR) is 141 cm³/mol. The highest BCUT2D eigenvalue weighted by Crippen LogP contribution is 2.35. The van der Waals surface area contributed by atoms with Crippen LogP contribution in [0.5, 0.6) is 11.5 Å². The summed E-state index contributed by atoms with van der Waals surface area (Å²) in [4.78, 5) is 48.7. The van der Waals surface area contributed by atoms with Crippen molar-refractivity contribution in [3.63, 3.8) is 0 Å². The van der Waals surface area contributed by atoms with E-state index in [1.165, 1.54) is 12.1 Å². The zero-order chi connectivity index (χ0) is 29.0. The number of aliphatic carboxylic acids is 1. The minimum Gasteiger partial charge on any atom is -0.480 e. The lowest BCUT2D eigenvalue weighted by molar-refractivity contribution is -0.139. The largest absolute Gasteiger partial charge is 0.508 e. The number of hydrogen-bond donors (Lipinski definition) is 2. The molecule has 0 amide bonds. The Morgan fingerprint density at radius 2 is 1.37 bits per heavy atom. The molecule has 3 N–H and O–H groups in total. The van der Waals surface area contributed by atoms with Crippen LogP contribution in [0, 0.1) is 11.8 Å². The average molecular weight is 538 g/mol. The van der Waals surface area contributed by atoms with Crippen LogP contribution in [0.1, 0.15) is 92.1 Å². The van der Waals surface area contributed by atoms with Gasteiger partial charge in [0.05, 0.1) is 0 Å². The normalized spacial score (nSPS) is 14.4. The van der Waals surface area contributed by atoms with Crippen LogP contribution in [0.2, 0.25) is 0 Å². The van der Waals surface area contributed by atoms with Gasteiger partial charge in [0, 0.05) is 18.8 Å². The van der Waals surface area contributed by atoms with Crippen LogP contribution in [-0.2, 0) is 23.9 Å². The fourth-order valence-electron chi connectivity index (χ4n) is 3.80. The average Bonchev–Trinajstić information content (AvgIpc) is 2.77. The molecule has 0 radical (unpaired) electrons. The summed E-state index contributed by atoms with van der Waals surface area (Å²) in [5.41, 5.74) is 6.43. The van der Waals surface area contributed by atoms with Crippen molar-refractivity contribution >= 4 is 24.1 Å². The maximum Gasteiger partial charge on any atom is 0.508 e. The lowest BCUT2D eigenvalue weighted by Gasteiger charge is -2.25.